The van der Waals surface area contributed by atoms with E-state index in [9.17, 15) is 4.79 Å². The van der Waals surface area contributed by atoms with Gasteiger partial charge in [-0.1, -0.05) is 60.7 Å². The van der Waals surface area contributed by atoms with Crippen LogP contribution in [-0.2, 0) is 11.2 Å². The van der Waals surface area contributed by atoms with Crippen LogP contribution in [0.15, 0.2) is 66.7 Å². The Morgan fingerprint density at radius 2 is 1.55 bits per heavy atom. The topological polar surface area (TPSA) is 17.1 Å². The molecular formula is C19H16O. The SMILES string of the molecule is CC(=O)Cc1cccc(-c2ccc3ccccc3c2)c1. The van der Waals surface area contributed by atoms with Gasteiger partial charge in [0, 0.05) is 6.42 Å². The quantitative estimate of drug-likeness (QED) is 0.670. The summed E-state index contributed by atoms with van der Waals surface area (Å²) in [5.41, 5.74) is 3.42. The second-order valence-electron chi connectivity index (χ2n) is 5.14. The molecule has 0 N–H and O–H groups in total. The molecule has 0 aromatic heterocycles. The van der Waals surface area contributed by atoms with Crippen LogP contribution in [0.1, 0.15) is 12.5 Å². The lowest BCUT2D eigenvalue weighted by molar-refractivity contribution is -0.116. The minimum absolute atomic E-state index is 0.195. The van der Waals surface area contributed by atoms with E-state index in [1.54, 1.807) is 6.92 Å². The highest BCUT2D eigenvalue weighted by Gasteiger charge is 2.02. The number of carbonyl (C=O) groups is 1. The zero-order valence-electron chi connectivity index (χ0n) is 11.5. The highest BCUT2D eigenvalue weighted by Crippen LogP contribution is 2.25. The maximum atomic E-state index is 11.2. The molecule has 3 aromatic carbocycles. The summed E-state index contributed by atoms with van der Waals surface area (Å²) >= 11 is 0. The van der Waals surface area contributed by atoms with Crippen molar-refractivity contribution in [1.82, 2.24) is 0 Å². The average molecular weight is 260 g/mol. The Morgan fingerprint density at radius 1 is 0.800 bits per heavy atom. The molecule has 0 amide bonds. The second kappa shape index (κ2) is 5.30. The molecule has 0 spiro atoms. The van der Waals surface area contributed by atoms with E-state index in [0.717, 1.165) is 11.1 Å². The first kappa shape index (κ1) is 12.6. The van der Waals surface area contributed by atoms with Crippen LogP contribution in [-0.4, -0.2) is 5.78 Å². The molecule has 0 bridgehead atoms. The van der Waals surface area contributed by atoms with Crippen molar-refractivity contribution in [2.24, 2.45) is 0 Å². The summed E-state index contributed by atoms with van der Waals surface area (Å²) in [6.07, 6.45) is 0.501. The highest BCUT2D eigenvalue weighted by molar-refractivity contribution is 5.87. The third-order valence-electron chi connectivity index (χ3n) is 3.46. The zero-order chi connectivity index (χ0) is 13.9. The lowest BCUT2D eigenvalue weighted by atomic mass is 9.98. The second-order valence-corrected chi connectivity index (χ2v) is 5.14. The van der Waals surface area contributed by atoms with Gasteiger partial charge in [-0.2, -0.15) is 0 Å². The summed E-state index contributed by atoms with van der Waals surface area (Å²) in [5, 5.41) is 2.48. The van der Waals surface area contributed by atoms with Crippen LogP contribution in [0.3, 0.4) is 0 Å². The van der Waals surface area contributed by atoms with Gasteiger partial charge in [-0.15, -0.1) is 0 Å². The van der Waals surface area contributed by atoms with Crippen molar-refractivity contribution in [3.8, 4) is 11.1 Å². The van der Waals surface area contributed by atoms with Crippen LogP contribution in [0.25, 0.3) is 21.9 Å². The molecule has 0 saturated carbocycles. The van der Waals surface area contributed by atoms with Crippen molar-refractivity contribution in [3.05, 3.63) is 72.3 Å². The average Bonchev–Trinajstić information content (AvgIpc) is 2.46. The van der Waals surface area contributed by atoms with Gasteiger partial charge in [0.25, 0.3) is 0 Å². The molecule has 0 atom stereocenters. The molecule has 98 valence electrons. The molecule has 3 rings (SSSR count). The van der Waals surface area contributed by atoms with E-state index in [1.165, 1.54) is 16.3 Å². The summed E-state index contributed by atoms with van der Waals surface area (Å²) in [6.45, 7) is 1.63. The van der Waals surface area contributed by atoms with Crippen molar-refractivity contribution in [2.45, 2.75) is 13.3 Å². The molecule has 0 aliphatic rings. The molecule has 20 heavy (non-hydrogen) atoms. The Kier molecular flexibility index (Phi) is 3.34. The van der Waals surface area contributed by atoms with Gasteiger partial charge < -0.3 is 0 Å². The molecule has 0 heterocycles. The van der Waals surface area contributed by atoms with Gasteiger partial charge in [-0.25, -0.2) is 0 Å². The van der Waals surface area contributed by atoms with Gasteiger partial charge in [-0.3, -0.25) is 4.79 Å². The molecule has 3 aromatic rings. The Hall–Kier alpha value is -2.41. The Balaban J connectivity index is 2.03. The van der Waals surface area contributed by atoms with Gasteiger partial charge in [0.15, 0.2) is 0 Å². The van der Waals surface area contributed by atoms with E-state index in [2.05, 4.69) is 54.6 Å². The lowest BCUT2D eigenvalue weighted by Crippen LogP contribution is -1.96. The number of rotatable bonds is 3. The van der Waals surface area contributed by atoms with Crippen molar-refractivity contribution < 1.29 is 4.79 Å². The van der Waals surface area contributed by atoms with Gasteiger partial charge in [0.1, 0.15) is 5.78 Å². The smallest absolute Gasteiger partial charge is 0.134 e. The van der Waals surface area contributed by atoms with Crippen LogP contribution in [0.5, 0.6) is 0 Å². The Labute approximate surface area is 118 Å². The van der Waals surface area contributed by atoms with Crippen LogP contribution in [0, 0.1) is 0 Å². The molecule has 0 radical (unpaired) electrons. The van der Waals surface area contributed by atoms with E-state index >= 15 is 0 Å². The molecule has 0 unspecified atom stereocenters. The van der Waals surface area contributed by atoms with Crippen LogP contribution in [0.4, 0.5) is 0 Å². The molecule has 1 heteroatoms. The lowest BCUT2D eigenvalue weighted by Gasteiger charge is -2.06. The van der Waals surface area contributed by atoms with Crippen LogP contribution >= 0.6 is 0 Å². The van der Waals surface area contributed by atoms with Crippen molar-refractivity contribution >= 4 is 16.6 Å². The van der Waals surface area contributed by atoms with Crippen LogP contribution < -0.4 is 0 Å². The summed E-state index contributed by atoms with van der Waals surface area (Å²) in [6, 6.07) is 23.0. The summed E-state index contributed by atoms with van der Waals surface area (Å²) in [7, 11) is 0. The van der Waals surface area contributed by atoms with Gasteiger partial charge in [0.2, 0.25) is 0 Å². The maximum Gasteiger partial charge on any atom is 0.134 e. The Morgan fingerprint density at radius 3 is 2.35 bits per heavy atom. The Bertz CT molecular complexity index is 771. The minimum Gasteiger partial charge on any atom is -0.300 e. The number of benzene rings is 3. The van der Waals surface area contributed by atoms with E-state index in [-0.39, 0.29) is 5.78 Å². The molecule has 0 fully saturated rings. The molecule has 0 aliphatic heterocycles. The predicted octanol–water partition coefficient (Wildman–Crippen LogP) is 4.64. The van der Waals surface area contributed by atoms with E-state index < -0.39 is 0 Å². The third kappa shape index (κ3) is 2.62. The number of carbonyl (C=O) groups excluding carboxylic acids is 1. The van der Waals surface area contributed by atoms with Crippen LogP contribution in [0.2, 0.25) is 0 Å². The third-order valence-corrected chi connectivity index (χ3v) is 3.46. The number of fused-ring (bicyclic) bond motifs is 1. The zero-order valence-corrected chi connectivity index (χ0v) is 11.5. The van der Waals surface area contributed by atoms with Gasteiger partial charge in [0.05, 0.1) is 0 Å². The van der Waals surface area contributed by atoms with Crippen molar-refractivity contribution in [2.75, 3.05) is 0 Å². The number of Topliss-reactive ketones (excluding diaryl/α,β-unsaturated/α-hetero) is 1. The largest absolute Gasteiger partial charge is 0.300 e. The van der Waals surface area contributed by atoms with E-state index in [0.29, 0.717) is 6.42 Å². The number of ketones is 1. The fraction of sp³-hybridized carbons (Fsp3) is 0.105. The number of hydrogen-bond acceptors (Lipinski definition) is 1. The first-order valence-corrected chi connectivity index (χ1v) is 6.80. The maximum absolute atomic E-state index is 11.2. The standard InChI is InChI=1S/C19H16O/c1-14(20)11-15-5-4-8-17(12-15)19-10-9-16-6-2-3-7-18(16)13-19/h2-10,12-13H,11H2,1H3. The highest BCUT2D eigenvalue weighted by atomic mass is 16.1. The first-order valence-electron chi connectivity index (χ1n) is 6.80. The minimum atomic E-state index is 0.195. The number of hydrogen-bond donors (Lipinski definition) is 0. The van der Waals surface area contributed by atoms with E-state index in [4.69, 9.17) is 0 Å². The van der Waals surface area contributed by atoms with E-state index in [1.807, 2.05) is 12.1 Å². The fourth-order valence-corrected chi connectivity index (χ4v) is 2.52. The van der Waals surface area contributed by atoms with Gasteiger partial charge in [-0.05, 0) is 40.5 Å². The first-order chi connectivity index (χ1) is 9.72. The normalized spacial score (nSPS) is 10.7. The molecule has 1 nitrogen and oxygen atoms in total. The summed E-state index contributed by atoms with van der Waals surface area (Å²) in [5.74, 6) is 0.195. The summed E-state index contributed by atoms with van der Waals surface area (Å²) < 4.78 is 0. The summed E-state index contributed by atoms with van der Waals surface area (Å²) in [4.78, 5) is 11.2. The fourth-order valence-electron chi connectivity index (χ4n) is 2.52. The van der Waals surface area contributed by atoms with Crippen molar-refractivity contribution in [1.29, 1.82) is 0 Å². The molecule has 0 saturated heterocycles. The molecular weight excluding hydrogens is 244 g/mol. The molecule has 0 aliphatic carbocycles. The predicted molar refractivity (Wildman–Crippen MR) is 83.8 cm³/mol. The van der Waals surface area contributed by atoms with Gasteiger partial charge >= 0.3 is 0 Å². The monoisotopic (exact) mass is 260 g/mol. The van der Waals surface area contributed by atoms with Crippen molar-refractivity contribution in [3.63, 3.8) is 0 Å².